The lowest BCUT2D eigenvalue weighted by Crippen LogP contribution is -2.26. The van der Waals surface area contributed by atoms with Crippen molar-refractivity contribution in [3.63, 3.8) is 0 Å². The van der Waals surface area contributed by atoms with Gasteiger partial charge in [0.05, 0.1) is 6.10 Å². The fraction of sp³-hybridized carbons (Fsp3) is 0.667. The summed E-state index contributed by atoms with van der Waals surface area (Å²) in [4.78, 5) is 6.60. The summed E-state index contributed by atoms with van der Waals surface area (Å²) in [5, 5.41) is 12.5. The van der Waals surface area contributed by atoms with Gasteiger partial charge in [0.25, 0.3) is 0 Å². The predicted molar refractivity (Wildman–Crippen MR) is 73.4 cm³/mol. The van der Waals surface area contributed by atoms with E-state index in [0.717, 1.165) is 0 Å². The van der Waals surface area contributed by atoms with Gasteiger partial charge in [-0.05, 0) is 11.8 Å². The summed E-state index contributed by atoms with van der Waals surface area (Å²) >= 11 is 0. The Morgan fingerprint density at radius 1 is 1.24 bits per heavy atom. The van der Waals surface area contributed by atoms with E-state index >= 15 is 0 Å². The Hall–Kier alpha value is -1.61. The van der Waals surface area contributed by atoms with Crippen LogP contribution in [0.3, 0.4) is 0 Å². The van der Waals surface area contributed by atoms with Gasteiger partial charge < -0.3 is 15.8 Å². The molecule has 0 fully saturated rings. The molecule has 1 heterocycles. The summed E-state index contributed by atoms with van der Waals surface area (Å²) in [6, 6.07) is 1.24. The second-order valence-corrected chi connectivity index (χ2v) is 5.90. The second kappa shape index (κ2) is 6.44. The lowest BCUT2D eigenvalue weighted by atomic mass is 9.89. The first-order chi connectivity index (χ1) is 9.51. The summed E-state index contributed by atoms with van der Waals surface area (Å²) < 4.78 is 37.9. The number of alkyl halides is 3. The van der Waals surface area contributed by atoms with Crippen LogP contribution >= 0.6 is 0 Å². The van der Waals surface area contributed by atoms with Crippen molar-refractivity contribution >= 4 is 11.6 Å². The maximum Gasteiger partial charge on any atom is 0.451 e. The summed E-state index contributed by atoms with van der Waals surface area (Å²) in [5.74, 6) is 3.57. The van der Waals surface area contributed by atoms with E-state index in [1.807, 2.05) is 20.8 Å². The van der Waals surface area contributed by atoms with E-state index in [2.05, 4.69) is 20.7 Å². The van der Waals surface area contributed by atoms with Gasteiger partial charge in [0.15, 0.2) is 0 Å². The van der Waals surface area contributed by atoms with Crippen molar-refractivity contribution < 1.29 is 18.3 Å². The molecule has 0 radical (unpaired) electrons. The molecule has 5 N–H and O–H groups in total. The van der Waals surface area contributed by atoms with Gasteiger partial charge in [-0.25, -0.2) is 15.8 Å². The molecular weight excluding hydrogens is 287 g/mol. The molecular formula is C12H20F3N5O. The van der Waals surface area contributed by atoms with E-state index in [9.17, 15) is 18.3 Å². The van der Waals surface area contributed by atoms with Crippen molar-refractivity contribution in [3.8, 4) is 0 Å². The maximum atomic E-state index is 12.6. The topological polar surface area (TPSA) is 96.1 Å². The average molecular weight is 307 g/mol. The molecule has 0 spiro atoms. The smallest absolute Gasteiger partial charge is 0.391 e. The third-order valence-corrected chi connectivity index (χ3v) is 2.49. The minimum atomic E-state index is -4.67. The predicted octanol–water partition coefficient (Wildman–Crippen LogP) is 1.99. The Kier molecular flexibility index (Phi) is 5.35. The lowest BCUT2D eigenvalue weighted by Gasteiger charge is -2.22. The van der Waals surface area contributed by atoms with E-state index < -0.39 is 18.1 Å². The number of rotatable bonds is 5. The van der Waals surface area contributed by atoms with Gasteiger partial charge in [-0.15, -0.1) is 0 Å². The highest BCUT2D eigenvalue weighted by Crippen LogP contribution is 2.28. The molecule has 6 nitrogen and oxygen atoms in total. The number of hydrogen-bond donors (Lipinski definition) is 4. The number of nitrogens with two attached hydrogens (primary N) is 1. The van der Waals surface area contributed by atoms with Crippen molar-refractivity contribution in [1.29, 1.82) is 0 Å². The van der Waals surface area contributed by atoms with Gasteiger partial charge in [-0.3, -0.25) is 0 Å². The zero-order chi connectivity index (χ0) is 16.3. The molecule has 0 saturated heterocycles. The first kappa shape index (κ1) is 17.4. The van der Waals surface area contributed by atoms with Crippen molar-refractivity contribution in [1.82, 2.24) is 9.97 Å². The van der Waals surface area contributed by atoms with Crippen LogP contribution in [0.5, 0.6) is 0 Å². The molecule has 0 aromatic carbocycles. The number of aliphatic hydroxyl groups is 1. The van der Waals surface area contributed by atoms with Gasteiger partial charge in [0.2, 0.25) is 5.82 Å². The standard InChI is InChI=1S/C12H20F3N5O/c1-11(2,3)5-7(21)6-17-8-4-9(20-16)19-10(18-8)12(13,14)15/h4,7,21H,5-6,16H2,1-3H3,(H2,17,18,19,20). The van der Waals surface area contributed by atoms with Crippen LogP contribution in [-0.4, -0.2) is 27.7 Å². The molecule has 1 aromatic rings. The zero-order valence-corrected chi connectivity index (χ0v) is 12.1. The number of nitrogen functional groups attached to an aromatic ring is 1. The molecule has 1 rings (SSSR count). The highest BCUT2D eigenvalue weighted by molar-refractivity contribution is 5.47. The fourth-order valence-corrected chi connectivity index (χ4v) is 1.74. The minimum Gasteiger partial charge on any atom is -0.391 e. The molecule has 21 heavy (non-hydrogen) atoms. The molecule has 0 amide bonds. The molecule has 0 aliphatic rings. The summed E-state index contributed by atoms with van der Waals surface area (Å²) in [5.41, 5.74) is 1.96. The van der Waals surface area contributed by atoms with E-state index in [-0.39, 0.29) is 23.6 Å². The Bertz CT molecular complexity index is 473. The molecule has 120 valence electrons. The number of anilines is 2. The Labute approximate surface area is 120 Å². The number of aliphatic hydroxyl groups excluding tert-OH is 1. The highest BCUT2D eigenvalue weighted by atomic mass is 19.4. The second-order valence-electron chi connectivity index (χ2n) is 5.90. The highest BCUT2D eigenvalue weighted by Gasteiger charge is 2.35. The number of aromatic nitrogens is 2. The first-order valence-corrected chi connectivity index (χ1v) is 6.36. The van der Waals surface area contributed by atoms with Gasteiger partial charge in [0.1, 0.15) is 11.6 Å². The third-order valence-electron chi connectivity index (χ3n) is 2.49. The molecule has 0 saturated carbocycles. The molecule has 0 aliphatic carbocycles. The Balaban J connectivity index is 2.79. The van der Waals surface area contributed by atoms with Gasteiger partial charge in [-0.2, -0.15) is 13.2 Å². The summed E-state index contributed by atoms with van der Waals surface area (Å²) in [6.45, 7) is 5.95. The largest absolute Gasteiger partial charge is 0.451 e. The quantitative estimate of drug-likeness (QED) is 0.491. The Morgan fingerprint density at radius 2 is 1.81 bits per heavy atom. The normalized spacial score (nSPS) is 13.9. The van der Waals surface area contributed by atoms with Crippen molar-refractivity contribution in [2.75, 3.05) is 17.3 Å². The van der Waals surface area contributed by atoms with Crippen molar-refractivity contribution in [3.05, 3.63) is 11.9 Å². The van der Waals surface area contributed by atoms with Crippen LogP contribution < -0.4 is 16.6 Å². The van der Waals surface area contributed by atoms with E-state index in [0.29, 0.717) is 6.42 Å². The van der Waals surface area contributed by atoms with Crippen LogP contribution in [0.1, 0.15) is 33.0 Å². The molecule has 0 aliphatic heterocycles. The van der Waals surface area contributed by atoms with E-state index in [4.69, 9.17) is 5.84 Å². The van der Waals surface area contributed by atoms with Crippen LogP contribution in [0.15, 0.2) is 6.07 Å². The molecule has 1 aromatic heterocycles. The summed E-state index contributed by atoms with van der Waals surface area (Å²) in [6.07, 6.45) is -4.88. The van der Waals surface area contributed by atoms with Gasteiger partial charge in [-0.1, -0.05) is 20.8 Å². The molecule has 9 heteroatoms. The fourth-order valence-electron chi connectivity index (χ4n) is 1.74. The first-order valence-electron chi connectivity index (χ1n) is 6.36. The van der Waals surface area contributed by atoms with Crippen molar-refractivity contribution in [2.24, 2.45) is 11.3 Å². The number of halogens is 3. The number of nitrogens with zero attached hydrogens (tertiary/aromatic N) is 2. The van der Waals surface area contributed by atoms with Crippen LogP contribution in [0, 0.1) is 5.41 Å². The van der Waals surface area contributed by atoms with Crippen molar-refractivity contribution in [2.45, 2.75) is 39.5 Å². The molecule has 1 atom stereocenters. The van der Waals surface area contributed by atoms with Gasteiger partial charge in [0, 0.05) is 12.6 Å². The summed E-state index contributed by atoms with van der Waals surface area (Å²) in [7, 11) is 0. The SMILES string of the molecule is CC(C)(C)CC(O)CNc1cc(NN)nc(C(F)(F)F)n1. The maximum absolute atomic E-state index is 12.6. The van der Waals surface area contributed by atoms with Gasteiger partial charge >= 0.3 is 6.18 Å². The van der Waals surface area contributed by atoms with E-state index in [1.54, 1.807) is 0 Å². The van der Waals surface area contributed by atoms with Crippen LogP contribution in [0.4, 0.5) is 24.8 Å². The zero-order valence-electron chi connectivity index (χ0n) is 12.1. The number of hydrazine groups is 1. The van der Waals surface area contributed by atoms with Crippen LogP contribution in [0.25, 0.3) is 0 Å². The molecule has 0 bridgehead atoms. The lowest BCUT2D eigenvalue weighted by molar-refractivity contribution is -0.144. The third kappa shape index (κ3) is 6.13. The minimum absolute atomic E-state index is 0.0572. The van der Waals surface area contributed by atoms with E-state index in [1.165, 1.54) is 6.07 Å². The van der Waals surface area contributed by atoms with Crippen LogP contribution in [-0.2, 0) is 6.18 Å². The average Bonchev–Trinajstić information content (AvgIpc) is 2.33. The van der Waals surface area contributed by atoms with Crippen LogP contribution in [0.2, 0.25) is 0 Å². The monoisotopic (exact) mass is 307 g/mol. The Morgan fingerprint density at radius 3 is 2.29 bits per heavy atom. The number of hydrogen-bond acceptors (Lipinski definition) is 6. The molecule has 1 unspecified atom stereocenters. The number of nitrogens with one attached hydrogen (secondary N) is 2.